The molecule has 3 heteroatoms. The molecule has 0 N–H and O–H groups in total. The van der Waals surface area contributed by atoms with E-state index in [1.165, 1.54) is 11.1 Å². The van der Waals surface area contributed by atoms with E-state index < -0.39 is 0 Å². The molecule has 0 saturated carbocycles. The summed E-state index contributed by atoms with van der Waals surface area (Å²) >= 11 is 0. The minimum absolute atomic E-state index is 0.419. The molecule has 0 aliphatic rings. The molecule has 0 bridgehead atoms. The van der Waals surface area contributed by atoms with Gasteiger partial charge >= 0.3 is 0 Å². The van der Waals surface area contributed by atoms with Crippen LogP contribution in [-0.4, -0.2) is 23.0 Å². The van der Waals surface area contributed by atoms with Crippen molar-refractivity contribution in [3.63, 3.8) is 0 Å². The Bertz CT molecular complexity index is 831. The molecule has 1 aromatic heterocycles. The van der Waals surface area contributed by atoms with E-state index in [0.29, 0.717) is 18.4 Å². The number of rotatable bonds is 7. The summed E-state index contributed by atoms with van der Waals surface area (Å²) in [5.74, 6) is 0.839. The zero-order valence-electron chi connectivity index (χ0n) is 17.5. The van der Waals surface area contributed by atoms with E-state index in [-0.39, 0.29) is 0 Å². The summed E-state index contributed by atoms with van der Waals surface area (Å²) in [6, 6.07) is 12.5. The summed E-state index contributed by atoms with van der Waals surface area (Å²) in [4.78, 5) is 14.3. The van der Waals surface area contributed by atoms with Gasteiger partial charge in [0.1, 0.15) is 0 Å². The van der Waals surface area contributed by atoms with E-state index in [1.807, 2.05) is 32.0 Å². The SMILES string of the molecule is C=CCN=C(C)c1cccc(C(C)=Nc2c(C(C)C)cccc2C(C)C)n1. The molecular formula is C24H31N3. The third-order valence-electron chi connectivity index (χ3n) is 4.57. The molecule has 0 atom stereocenters. The van der Waals surface area contributed by atoms with E-state index in [2.05, 4.69) is 57.5 Å². The molecule has 0 amide bonds. The molecule has 27 heavy (non-hydrogen) atoms. The van der Waals surface area contributed by atoms with Crippen LogP contribution in [0.2, 0.25) is 0 Å². The highest BCUT2D eigenvalue weighted by molar-refractivity contribution is 6.01. The highest BCUT2D eigenvalue weighted by atomic mass is 14.8. The average Bonchev–Trinajstić information content (AvgIpc) is 2.65. The van der Waals surface area contributed by atoms with Crippen LogP contribution in [0.5, 0.6) is 0 Å². The standard InChI is InChI=1S/C24H31N3/c1-8-15-25-18(6)22-13-10-14-23(27-22)19(7)26-24-20(16(2)3)11-9-12-21(24)17(4)5/h8-14,16-17H,1,15H2,2-7H3. The maximum Gasteiger partial charge on any atom is 0.0849 e. The molecule has 1 heterocycles. The molecule has 0 radical (unpaired) electrons. The van der Waals surface area contributed by atoms with Gasteiger partial charge in [-0.1, -0.05) is 58.0 Å². The molecule has 3 nitrogen and oxygen atoms in total. The van der Waals surface area contributed by atoms with E-state index in [1.54, 1.807) is 6.08 Å². The van der Waals surface area contributed by atoms with E-state index in [0.717, 1.165) is 28.5 Å². The van der Waals surface area contributed by atoms with Crippen molar-refractivity contribution in [1.82, 2.24) is 4.98 Å². The largest absolute Gasteiger partial charge is 0.284 e. The summed E-state index contributed by atoms with van der Waals surface area (Å²) in [5.41, 5.74) is 7.24. The molecule has 0 aliphatic heterocycles. The number of para-hydroxylation sites is 1. The number of benzene rings is 1. The van der Waals surface area contributed by atoms with Gasteiger partial charge in [-0.05, 0) is 48.9 Å². The molecule has 0 fully saturated rings. The van der Waals surface area contributed by atoms with Gasteiger partial charge in [0.15, 0.2) is 0 Å². The van der Waals surface area contributed by atoms with Crippen molar-refractivity contribution in [2.75, 3.05) is 6.54 Å². The maximum absolute atomic E-state index is 5.03. The monoisotopic (exact) mass is 361 g/mol. The number of hydrogen-bond acceptors (Lipinski definition) is 3. The van der Waals surface area contributed by atoms with Crippen LogP contribution >= 0.6 is 0 Å². The van der Waals surface area contributed by atoms with Crippen molar-refractivity contribution in [2.24, 2.45) is 9.98 Å². The van der Waals surface area contributed by atoms with Crippen molar-refractivity contribution in [1.29, 1.82) is 0 Å². The average molecular weight is 362 g/mol. The van der Waals surface area contributed by atoms with Crippen LogP contribution in [0.25, 0.3) is 0 Å². The second kappa shape index (κ2) is 9.40. The Morgan fingerprint density at radius 2 is 1.44 bits per heavy atom. The Balaban J connectivity index is 2.51. The molecular weight excluding hydrogens is 330 g/mol. The van der Waals surface area contributed by atoms with Gasteiger partial charge in [0.2, 0.25) is 0 Å². The Hall–Kier alpha value is -2.55. The van der Waals surface area contributed by atoms with Crippen LogP contribution in [0.4, 0.5) is 5.69 Å². The van der Waals surface area contributed by atoms with Gasteiger partial charge in [-0.3, -0.25) is 9.98 Å². The second-order valence-electron chi connectivity index (χ2n) is 7.41. The lowest BCUT2D eigenvalue weighted by molar-refractivity contribution is 0.834. The molecule has 2 aromatic rings. The topological polar surface area (TPSA) is 37.6 Å². The third-order valence-corrected chi connectivity index (χ3v) is 4.57. The fourth-order valence-corrected chi connectivity index (χ4v) is 2.99. The van der Waals surface area contributed by atoms with Crippen LogP contribution in [0.3, 0.4) is 0 Å². The second-order valence-corrected chi connectivity index (χ2v) is 7.41. The first-order valence-corrected chi connectivity index (χ1v) is 9.63. The van der Waals surface area contributed by atoms with Gasteiger partial charge in [-0.2, -0.15) is 0 Å². The van der Waals surface area contributed by atoms with Gasteiger partial charge in [-0.25, -0.2) is 4.98 Å². The molecule has 1 aromatic carbocycles. The summed E-state index contributed by atoms with van der Waals surface area (Å²) in [6.45, 7) is 17.2. The zero-order valence-corrected chi connectivity index (χ0v) is 17.5. The highest BCUT2D eigenvalue weighted by Crippen LogP contribution is 2.35. The summed E-state index contributed by atoms with van der Waals surface area (Å²) in [5, 5.41) is 0. The molecule has 0 aliphatic carbocycles. The quantitative estimate of drug-likeness (QED) is 0.411. The maximum atomic E-state index is 5.03. The van der Waals surface area contributed by atoms with Crippen molar-refractivity contribution in [3.05, 3.63) is 71.6 Å². The van der Waals surface area contributed by atoms with Crippen molar-refractivity contribution in [2.45, 2.75) is 53.4 Å². The summed E-state index contributed by atoms with van der Waals surface area (Å²) < 4.78 is 0. The van der Waals surface area contributed by atoms with Crippen LogP contribution in [0.1, 0.15) is 75.9 Å². The summed E-state index contributed by atoms with van der Waals surface area (Å²) in [7, 11) is 0. The van der Waals surface area contributed by atoms with E-state index in [4.69, 9.17) is 9.98 Å². The smallest absolute Gasteiger partial charge is 0.0849 e. The van der Waals surface area contributed by atoms with Gasteiger partial charge in [0.25, 0.3) is 0 Å². The first kappa shape index (κ1) is 20.8. The fourth-order valence-electron chi connectivity index (χ4n) is 2.99. The molecule has 0 unspecified atom stereocenters. The molecule has 0 saturated heterocycles. The van der Waals surface area contributed by atoms with Crippen molar-refractivity contribution in [3.8, 4) is 0 Å². The van der Waals surface area contributed by atoms with Gasteiger partial charge in [0, 0.05) is 0 Å². The first-order valence-electron chi connectivity index (χ1n) is 9.63. The minimum atomic E-state index is 0.419. The Morgan fingerprint density at radius 1 is 0.926 bits per heavy atom. The van der Waals surface area contributed by atoms with Crippen LogP contribution in [0, 0.1) is 0 Å². The predicted molar refractivity (Wildman–Crippen MR) is 118 cm³/mol. The minimum Gasteiger partial charge on any atom is -0.284 e. The molecule has 142 valence electrons. The first-order chi connectivity index (χ1) is 12.8. The normalized spacial score (nSPS) is 12.7. The van der Waals surface area contributed by atoms with Gasteiger partial charge in [0.05, 0.1) is 35.0 Å². The number of pyridine rings is 1. The van der Waals surface area contributed by atoms with E-state index in [9.17, 15) is 0 Å². The lowest BCUT2D eigenvalue weighted by Crippen LogP contribution is -2.06. The Morgan fingerprint density at radius 3 is 1.96 bits per heavy atom. The fraction of sp³-hybridized carbons (Fsp3) is 0.375. The van der Waals surface area contributed by atoms with Crippen molar-refractivity contribution >= 4 is 17.1 Å². The number of nitrogens with zero attached hydrogens (tertiary/aromatic N) is 3. The summed E-state index contributed by atoms with van der Waals surface area (Å²) in [6.07, 6.45) is 1.79. The molecule has 2 rings (SSSR count). The highest BCUT2D eigenvalue weighted by Gasteiger charge is 2.14. The third kappa shape index (κ3) is 5.22. The van der Waals surface area contributed by atoms with Gasteiger partial charge < -0.3 is 0 Å². The van der Waals surface area contributed by atoms with E-state index >= 15 is 0 Å². The van der Waals surface area contributed by atoms with Crippen LogP contribution in [0.15, 0.2) is 59.0 Å². The number of aliphatic imine (C=N–C) groups is 2. The Labute approximate surface area is 164 Å². The van der Waals surface area contributed by atoms with Crippen LogP contribution < -0.4 is 0 Å². The Kier molecular flexibility index (Phi) is 7.23. The lowest BCUT2D eigenvalue weighted by Gasteiger charge is -2.17. The predicted octanol–water partition coefficient (Wildman–Crippen LogP) is 6.46. The molecule has 0 spiro atoms. The van der Waals surface area contributed by atoms with Crippen molar-refractivity contribution < 1.29 is 0 Å². The number of hydrogen-bond donors (Lipinski definition) is 0. The van der Waals surface area contributed by atoms with Crippen LogP contribution in [-0.2, 0) is 0 Å². The lowest BCUT2D eigenvalue weighted by atomic mass is 9.93. The van der Waals surface area contributed by atoms with Gasteiger partial charge in [-0.15, -0.1) is 6.58 Å². The number of aromatic nitrogens is 1. The zero-order chi connectivity index (χ0) is 20.0.